The topological polar surface area (TPSA) is 63.2 Å². The molecule has 0 saturated carbocycles. The zero-order chi connectivity index (χ0) is 15.1. The van der Waals surface area contributed by atoms with E-state index < -0.39 is 0 Å². The van der Waals surface area contributed by atoms with Crippen LogP contribution in [-0.4, -0.2) is 31.2 Å². The van der Waals surface area contributed by atoms with Crippen LogP contribution in [0.25, 0.3) is 0 Å². The average molecular weight is 306 g/mol. The molecule has 5 nitrogen and oxygen atoms in total. The molecule has 0 fully saturated rings. The van der Waals surface area contributed by atoms with Gasteiger partial charge in [-0.2, -0.15) is 0 Å². The fourth-order valence-electron chi connectivity index (χ4n) is 1.69. The molecule has 2 N–H and O–H groups in total. The number of nitrogens with one attached hydrogen (secondary N) is 2. The monoisotopic (exact) mass is 305 g/mol. The molecule has 6 heteroatoms. The average Bonchev–Trinajstić information content (AvgIpc) is 2.49. The number of pyridine rings is 1. The van der Waals surface area contributed by atoms with Crippen molar-refractivity contribution < 1.29 is 9.53 Å². The van der Waals surface area contributed by atoms with Gasteiger partial charge in [-0.15, -0.1) is 0 Å². The normalized spacial score (nSPS) is 10.2. The van der Waals surface area contributed by atoms with Crippen LogP contribution in [0.3, 0.4) is 0 Å². The van der Waals surface area contributed by atoms with E-state index in [1.54, 1.807) is 43.6 Å². The van der Waals surface area contributed by atoms with Gasteiger partial charge in [-0.1, -0.05) is 17.7 Å². The van der Waals surface area contributed by atoms with Crippen LogP contribution in [0.1, 0.15) is 10.4 Å². The fourth-order valence-corrected chi connectivity index (χ4v) is 1.88. The summed E-state index contributed by atoms with van der Waals surface area (Å²) in [6.07, 6.45) is 1.66. The number of nitrogens with zero attached hydrogens (tertiary/aromatic N) is 1. The van der Waals surface area contributed by atoms with Gasteiger partial charge in [0.05, 0.1) is 18.5 Å². The Bertz CT molecular complexity index is 602. The molecule has 1 aromatic heterocycles. The third kappa shape index (κ3) is 4.73. The van der Waals surface area contributed by atoms with Gasteiger partial charge < -0.3 is 15.4 Å². The zero-order valence-electron chi connectivity index (χ0n) is 11.6. The number of methoxy groups -OCH3 is 1. The largest absolute Gasteiger partial charge is 0.383 e. The third-order valence-corrected chi connectivity index (χ3v) is 2.96. The third-order valence-electron chi connectivity index (χ3n) is 2.73. The van der Waals surface area contributed by atoms with Crippen LogP contribution >= 0.6 is 11.6 Å². The molecule has 1 heterocycles. The summed E-state index contributed by atoms with van der Waals surface area (Å²) in [6, 6.07) is 10.3. The molecule has 0 saturated heterocycles. The van der Waals surface area contributed by atoms with E-state index in [-0.39, 0.29) is 5.91 Å². The van der Waals surface area contributed by atoms with Crippen molar-refractivity contribution in [2.24, 2.45) is 0 Å². The van der Waals surface area contributed by atoms with E-state index in [9.17, 15) is 4.79 Å². The Labute approximate surface area is 128 Å². The Hall–Kier alpha value is -2.11. The first kappa shape index (κ1) is 15.3. The summed E-state index contributed by atoms with van der Waals surface area (Å²) in [7, 11) is 1.65. The molecule has 2 rings (SSSR count). The quantitative estimate of drug-likeness (QED) is 0.805. The van der Waals surface area contributed by atoms with E-state index in [0.717, 1.165) is 5.69 Å². The van der Waals surface area contributed by atoms with Crippen LogP contribution in [0.15, 0.2) is 42.6 Å². The standard InChI is InChI=1S/C15H16ClN3O2/c1-21-8-7-17-13-5-6-14(18-10-13)19-15(20)11-3-2-4-12(16)9-11/h2-6,9-10,17H,7-8H2,1H3,(H,18,19,20). The van der Waals surface area contributed by atoms with Crippen molar-refractivity contribution in [3.8, 4) is 0 Å². The van der Waals surface area contributed by atoms with Crippen molar-refractivity contribution in [3.63, 3.8) is 0 Å². The van der Waals surface area contributed by atoms with Gasteiger partial charge in [0.2, 0.25) is 0 Å². The number of anilines is 2. The van der Waals surface area contributed by atoms with E-state index in [4.69, 9.17) is 16.3 Å². The summed E-state index contributed by atoms with van der Waals surface area (Å²) >= 11 is 5.86. The second-order valence-corrected chi connectivity index (χ2v) is 4.75. The lowest BCUT2D eigenvalue weighted by Gasteiger charge is -2.07. The number of rotatable bonds is 6. The van der Waals surface area contributed by atoms with Crippen LogP contribution in [0.4, 0.5) is 11.5 Å². The van der Waals surface area contributed by atoms with Crippen LogP contribution in [0.5, 0.6) is 0 Å². The molecule has 2 aromatic rings. The predicted octanol–water partition coefficient (Wildman–Crippen LogP) is 3.05. The number of aromatic nitrogens is 1. The Morgan fingerprint density at radius 2 is 2.19 bits per heavy atom. The summed E-state index contributed by atoms with van der Waals surface area (Å²) in [5.41, 5.74) is 1.36. The van der Waals surface area contributed by atoms with Crippen molar-refractivity contribution >= 4 is 29.0 Å². The first-order chi connectivity index (χ1) is 10.2. The molecule has 0 aliphatic rings. The molecule has 0 atom stereocenters. The molecule has 0 aliphatic heterocycles. The van der Waals surface area contributed by atoms with Crippen molar-refractivity contribution in [1.82, 2.24) is 4.98 Å². The molecule has 0 aliphatic carbocycles. The first-order valence-corrected chi connectivity index (χ1v) is 6.82. The molecule has 0 radical (unpaired) electrons. The number of benzene rings is 1. The lowest BCUT2D eigenvalue weighted by molar-refractivity contribution is 0.102. The number of ether oxygens (including phenoxy) is 1. The Morgan fingerprint density at radius 1 is 1.33 bits per heavy atom. The second-order valence-electron chi connectivity index (χ2n) is 4.32. The minimum Gasteiger partial charge on any atom is -0.383 e. The van der Waals surface area contributed by atoms with E-state index in [1.807, 2.05) is 6.07 Å². The SMILES string of the molecule is COCCNc1ccc(NC(=O)c2cccc(Cl)c2)nc1. The molecule has 0 unspecified atom stereocenters. The molecule has 0 spiro atoms. The number of carbonyl (C=O) groups excluding carboxylic acids is 1. The highest BCUT2D eigenvalue weighted by Gasteiger charge is 2.07. The maximum atomic E-state index is 12.0. The van der Waals surface area contributed by atoms with Gasteiger partial charge in [-0.25, -0.2) is 4.98 Å². The maximum absolute atomic E-state index is 12.0. The van der Waals surface area contributed by atoms with E-state index in [2.05, 4.69) is 15.6 Å². The Balaban J connectivity index is 1.95. The molecule has 1 amide bonds. The van der Waals surface area contributed by atoms with Crippen molar-refractivity contribution in [3.05, 3.63) is 53.2 Å². The highest BCUT2D eigenvalue weighted by atomic mass is 35.5. The Kier molecular flexibility index (Phi) is 5.54. The Morgan fingerprint density at radius 3 is 2.86 bits per heavy atom. The highest BCUT2D eigenvalue weighted by Crippen LogP contribution is 2.13. The van der Waals surface area contributed by atoms with E-state index in [1.165, 1.54) is 0 Å². The molecular formula is C15H16ClN3O2. The molecule has 1 aromatic carbocycles. The van der Waals surface area contributed by atoms with Crippen molar-refractivity contribution in [1.29, 1.82) is 0 Å². The van der Waals surface area contributed by atoms with Crippen LogP contribution in [0, 0.1) is 0 Å². The maximum Gasteiger partial charge on any atom is 0.256 e. The molecule has 110 valence electrons. The van der Waals surface area contributed by atoms with Crippen LogP contribution in [-0.2, 0) is 4.74 Å². The summed E-state index contributed by atoms with van der Waals surface area (Å²) in [4.78, 5) is 16.2. The molecule has 21 heavy (non-hydrogen) atoms. The predicted molar refractivity (Wildman–Crippen MR) is 84.0 cm³/mol. The van der Waals surface area contributed by atoms with Crippen molar-refractivity contribution in [2.75, 3.05) is 30.9 Å². The minimum atomic E-state index is -0.245. The van der Waals surface area contributed by atoms with Gasteiger partial charge in [0.1, 0.15) is 5.82 Å². The zero-order valence-corrected chi connectivity index (χ0v) is 12.4. The van der Waals surface area contributed by atoms with E-state index >= 15 is 0 Å². The number of carbonyl (C=O) groups is 1. The van der Waals surface area contributed by atoms with Crippen LogP contribution < -0.4 is 10.6 Å². The number of amides is 1. The number of hydrogen-bond donors (Lipinski definition) is 2. The number of halogens is 1. The first-order valence-electron chi connectivity index (χ1n) is 6.45. The summed E-state index contributed by atoms with van der Waals surface area (Å²) in [5, 5.41) is 6.39. The lowest BCUT2D eigenvalue weighted by Crippen LogP contribution is -2.13. The lowest BCUT2D eigenvalue weighted by atomic mass is 10.2. The smallest absolute Gasteiger partial charge is 0.256 e. The summed E-state index contributed by atoms with van der Waals surface area (Å²) < 4.78 is 4.95. The van der Waals surface area contributed by atoms with Gasteiger partial charge in [-0.3, -0.25) is 4.79 Å². The van der Waals surface area contributed by atoms with Gasteiger partial charge in [0, 0.05) is 24.2 Å². The highest BCUT2D eigenvalue weighted by molar-refractivity contribution is 6.31. The van der Waals surface area contributed by atoms with Crippen molar-refractivity contribution in [2.45, 2.75) is 0 Å². The van der Waals surface area contributed by atoms with Gasteiger partial charge in [-0.05, 0) is 30.3 Å². The van der Waals surface area contributed by atoms with E-state index in [0.29, 0.717) is 29.6 Å². The van der Waals surface area contributed by atoms with Gasteiger partial charge >= 0.3 is 0 Å². The van der Waals surface area contributed by atoms with Crippen LogP contribution in [0.2, 0.25) is 5.02 Å². The minimum absolute atomic E-state index is 0.245. The number of hydrogen-bond acceptors (Lipinski definition) is 4. The van der Waals surface area contributed by atoms with Gasteiger partial charge in [0.25, 0.3) is 5.91 Å². The molecular weight excluding hydrogens is 290 g/mol. The molecule has 0 bridgehead atoms. The summed E-state index contributed by atoms with van der Waals surface area (Å²) in [6.45, 7) is 1.32. The van der Waals surface area contributed by atoms with Gasteiger partial charge in [0.15, 0.2) is 0 Å². The fraction of sp³-hybridized carbons (Fsp3) is 0.200. The summed E-state index contributed by atoms with van der Waals surface area (Å²) in [5.74, 6) is 0.238. The second kappa shape index (κ2) is 7.61.